The van der Waals surface area contributed by atoms with Crippen LogP contribution in [-0.2, 0) is 6.42 Å². The summed E-state index contributed by atoms with van der Waals surface area (Å²) in [6, 6.07) is 6.89. The first kappa shape index (κ1) is 14.5. The summed E-state index contributed by atoms with van der Waals surface area (Å²) in [7, 11) is 0. The molecular weight excluding hydrogens is 239 g/mol. The van der Waals surface area contributed by atoms with Crippen molar-refractivity contribution in [2.24, 2.45) is 5.92 Å². The van der Waals surface area contributed by atoms with Gasteiger partial charge >= 0.3 is 0 Å². The van der Waals surface area contributed by atoms with Gasteiger partial charge in [0.25, 0.3) is 0 Å². The van der Waals surface area contributed by atoms with Crippen LogP contribution >= 0.6 is 0 Å². The zero-order valence-electron chi connectivity index (χ0n) is 11.9. The molecule has 1 aliphatic rings. The van der Waals surface area contributed by atoms with Crippen molar-refractivity contribution in [3.8, 4) is 0 Å². The standard InChI is InChI=1S/C16H25FN2/c1-2-9-18-12-15-8-11-19(13-15)10-7-14-3-5-16(17)6-4-14/h3-6,15,18H,2,7-13H2,1H3. The molecule has 0 radical (unpaired) electrons. The molecule has 1 heterocycles. The van der Waals surface area contributed by atoms with Gasteiger partial charge in [0, 0.05) is 13.1 Å². The van der Waals surface area contributed by atoms with Gasteiger partial charge in [0.15, 0.2) is 0 Å². The van der Waals surface area contributed by atoms with E-state index in [1.165, 1.54) is 31.5 Å². The zero-order valence-corrected chi connectivity index (χ0v) is 11.9. The monoisotopic (exact) mass is 264 g/mol. The predicted molar refractivity (Wildman–Crippen MR) is 77.8 cm³/mol. The van der Waals surface area contributed by atoms with Crippen molar-refractivity contribution < 1.29 is 4.39 Å². The van der Waals surface area contributed by atoms with Gasteiger partial charge in [0.1, 0.15) is 5.82 Å². The predicted octanol–water partition coefficient (Wildman–Crippen LogP) is 2.69. The molecular formula is C16H25FN2. The number of benzene rings is 1. The lowest BCUT2D eigenvalue weighted by Crippen LogP contribution is -2.28. The molecule has 1 aromatic carbocycles. The maximum absolute atomic E-state index is 12.8. The molecule has 0 bridgehead atoms. The van der Waals surface area contributed by atoms with Crippen molar-refractivity contribution >= 4 is 0 Å². The fourth-order valence-corrected chi connectivity index (χ4v) is 2.70. The van der Waals surface area contributed by atoms with Crippen molar-refractivity contribution in [1.29, 1.82) is 0 Å². The minimum atomic E-state index is -0.146. The van der Waals surface area contributed by atoms with Crippen LogP contribution in [-0.4, -0.2) is 37.6 Å². The highest BCUT2D eigenvalue weighted by molar-refractivity contribution is 5.16. The number of halogens is 1. The van der Waals surface area contributed by atoms with Crippen molar-refractivity contribution in [1.82, 2.24) is 10.2 Å². The molecule has 3 heteroatoms. The molecule has 0 aromatic heterocycles. The van der Waals surface area contributed by atoms with Gasteiger partial charge in [-0.3, -0.25) is 0 Å². The summed E-state index contributed by atoms with van der Waals surface area (Å²) in [5, 5.41) is 3.51. The third-order valence-electron chi connectivity index (χ3n) is 3.86. The van der Waals surface area contributed by atoms with Gasteiger partial charge in [0.2, 0.25) is 0 Å². The second kappa shape index (κ2) is 7.61. The Kier molecular flexibility index (Phi) is 5.80. The van der Waals surface area contributed by atoms with Crippen LogP contribution in [0.4, 0.5) is 4.39 Å². The summed E-state index contributed by atoms with van der Waals surface area (Å²) >= 11 is 0. The minimum Gasteiger partial charge on any atom is -0.316 e. The lowest BCUT2D eigenvalue weighted by Gasteiger charge is -2.16. The number of likely N-dealkylation sites (tertiary alicyclic amines) is 1. The second-order valence-electron chi connectivity index (χ2n) is 5.54. The molecule has 1 saturated heterocycles. The Balaban J connectivity index is 1.66. The third kappa shape index (κ3) is 4.92. The van der Waals surface area contributed by atoms with Gasteiger partial charge < -0.3 is 10.2 Å². The van der Waals surface area contributed by atoms with E-state index in [1.807, 2.05) is 12.1 Å². The molecule has 0 aliphatic carbocycles. The molecule has 0 amide bonds. The van der Waals surface area contributed by atoms with Gasteiger partial charge in [-0.2, -0.15) is 0 Å². The van der Waals surface area contributed by atoms with Gasteiger partial charge in [-0.05, 0) is 62.5 Å². The van der Waals surface area contributed by atoms with Crippen LogP contribution in [0.1, 0.15) is 25.3 Å². The molecule has 2 rings (SSSR count). The molecule has 0 spiro atoms. The minimum absolute atomic E-state index is 0.146. The van der Waals surface area contributed by atoms with Crippen LogP contribution in [0.2, 0.25) is 0 Å². The molecule has 1 aliphatic heterocycles. The largest absolute Gasteiger partial charge is 0.316 e. The Morgan fingerprint density at radius 2 is 2.11 bits per heavy atom. The lowest BCUT2D eigenvalue weighted by molar-refractivity contribution is 0.325. The van der Waals surface area contributed by atoms with Gasteiger partial charge in [-0.25, -0.2) is 4.39 Å². The molecule has 106 valence electrons. The quantitative estimate of drug-likeness (QED) is 0.762. The van der Waals surface area contributed by atoms with Crippen molar-refractivity contribution in [2.45, 2.75) is 26.2 Å². The number of nitrogens with one attached hydrogen (secondary N) is 1. The van der Waals surface area contributed by atoms with E-state index in [2.05, 4.69) is 17.1 Å². The molecule has 19 heavy (non-hydrogen) atoms. The number of nitrogens with zero attached hydrogens (tertiary/aromatic N) is 1. The SMILES string of the molecule is CCCNCC1CCN(CCc2ccc(F)cc2)C1. The highest BCUT2D eigenvalue weighted by Crippen LogP contribution is 2.16. The Hall–Kier alpha value is -0.930. The van der Waals surface area contributed by atoms with Crippen LogP contribution < -0.4 is 5.32 Å². The van der Waals surface area contributed by atoms with E-state index in [9.17, 15) is 4.39 Å². The van der Waals surface area contributed by atoms with Crippen molar-refractivity contribution in [2.75, 3.05) is 32.7 Å². The smallest absolute Gasteiger partial charge is 0.123 e. The van der Waals surface area contributed by atoms with E-state index in [-0.39, 0.29) is 5.82 Å². The number of rotatable bonds is 7. The first-order valence-electron chi connectivity index (χ1n) is 7.45. The average Bonchev–Trinajstić information content (AvgIpc) is 2.86. The Bertz CT molecular complexity index is 364. The summed E-state index contributed by atoms with van der Waals surface area (Å²) in [6.45, 7) is 8.00. The third-order valence-corrected chi connectivity index (χ3v) is 3.86. The summed E-state index contributed by atoms with van der Waals surface area (Å²) in [6.07, 6.45) is 3.54. The average molecular weight is 264 g/mol. The maximum Gasteiger partial charge on any atom is 0.123 e. The normalized spacial score (nSPS) is 20.0. The summed E-state index contributed by atoms with van der Waals surface area (Å²) in [4.78, 5) is 2.53. The Morgan fingerprint density at radius 3 is 2.84 bits per heavy atom. The zero-order chi connectivity index (χ0) is 13.5. The molecule has 1 atom stereocenters. The number of hydrogen-bond donors (Lipinski definition) is 1. The van der Waals surface area contributed by atoms with Crippen LogP contribution in [0.15, 0.2) is 24.3 Å². The van der Waals surface area contributed by atoms with Gasteiger partial charge in [0.05, 0.1) is 0 Å². The van der Waals surface area contributed by atoms with Crippen LogP contribution in [0, 0.1) is 11.7 Å². The van der Waals surface area contributed by atoms with Gasteiger partial charge in [-0.15, -0.1) is 0 Å². The van der Waals surface area contributed by atoms with E-state index >= 15 is 0 Å². The van der Waals surface area contributed by atoms with Crippen molar-refractivity contribution in [3.05, 3.63) is 35.6 Å². The highest BCUT2D eigenvalue weighted by Gasteiger charge is 2.21. The van der Waals surface area contributed by atoms with E-state index in [0.29, 0.717) is 0 Å². The number of hydrogen-bond acceptors (Lipinski definition) is 2. The first-order chi connectivity index (χ1) is 9.28. The summed E-state index contributed by atoms with van der Waals surface area (Å²) in [5.41, 5.74) is 1.23. The van der Waals surface area contributed by atoms with E-state index in [4.69, 9.17) is 0 Å². The van der Waals surface area contributed by atoms with Crippen molar-refractivity contribution in [3.63, 3.8) is 0 Å². The summed E-state index contributed by atoms with van der Waals surface area (Å²) in [5.74, 6) is 0.659. The molecule has 1 unspecified atom stereocenters. The Labute approximate surface area is 116 Å². The molecule has 2 nitrogen and oxygen atoms in total. The van der Waals surface area contributed by atoms with Crippen LogP contribution in [0.25, 0.3) is 0 Å². The van der Waals surface area contributed by atoms with E-state index < -0.39 is 0 Å². The lowest BCUT2D eigenvalue weighted by atomic mass is 10.1. The summed E-state index contributed by atoms with van der Waals surface area (Å²) < 4.78 is 12.8. The maximum atomic E-state index is 12.8. The van der Waals surface area contributed by atoms with Crippen LogP contribution in [0.3, 0.4) is 0 Å². The first-order valence-corrected chi connectivity index (χ1v) is 7.45. The second-order valence-corrected chi connectivity index (χ2v) is 5.54. The fourth-order valence-electron chi connectivity index (χ4n) is 2.70. The topological polar surface area (TPSA) is 15.3 Å². The molecule has 1 fully saturated rings. The fraction of sp³-hybridized carbons (Fsp3) is 0.625. The molecule has 0 saturated carbocycles. The molecule has 1 aromatic rings. The van der Waals surface area contributed by atoms with Gasteiger partial charge in [-0.1, -0.05) is 19.1 Å². The van der Waals surface area contributed by atoms with E-state index in [1.54, 1.807) is 12.1 Å². The highest BCUT2D eigenvalue weighted by atomic mass is 19.1. The van der Waals surface area contributed by atoms with E-state index in [0.717, 1.165) is 32.0 Å². The Morgan fingerprint density at radius 1 is 1.32 bits per heavy atom. The van der Waals surface area contributed by atoms with Crippen LogP contribution in [0.5, 0.6) is 0 Å². The molecule has 1 N–H and O–H groups in total.